The summed E-state index contributed by atoms with van der Waals surface area (Å²) in [5.74, 6) is 0.601. The van der Waals surface area contributed by atoms with Crippen molar-refractivity contribution in [2.45, 2.75) is 26.8 Å². The molecular formula is C23H28N2O3. The number of hydrogen-bond acceptors (Lipinski definition) is 4. The van der Waals surface area contributed by atoms with E-state index in [1.54, 1.807) is 12.0 Å². The maximum atomic E-state index is 12.8. The van der Waals surface area contributed by atoms with Crippen LogP contribution in [-0.4, -0.2) is 26.2 Å². The van der Waals surface area contributed by atoms with Crippen LogP contribution in [0.1, 0.15) is 31.0 Å². The molecule has 0 saturated carbocycles. The van der Waals surface area contributed by atoms with Gasteiger partial charge in [-0.2, -0.15) is 0 Å². The molecule has 0 radical (unpaired) electrons. The van der Waals surface area contributed by atoms with Crippen molar-refractivity contribution in [3.05, 3.63) is 65.9 Å². The van der Waals surface area contributed by atoms with E-state index in [-0.39, 0.29) is 17.9 Å². The fourth-order valence-electron chi connectivity index (χ4n) is 3.24. The number of aryl methyl sites for hydroxylation is 1. The summed E-state index contributed by atoms with van der Waals surface area (Å²) in [6.45, 7) is 6.80. The van der Waals surface area contributed by atoms with E-state index in [1.807, 2.05) is 56.5 Å². The van der Waals surface area contributed by atoms with Crippen molar-refractivity contribution in [3.8, 4) is 5.75 Å². The highest BCUT2D eigenvalue weighted by atomic mass is 16.5. The van der Waals surface area contributed by atoms with Gasteiger partial charge in [0.15, 0.2) is 0 Å². The molecule has 1 aliphatic rings. The first-order chi connectivity index (χ1) is 13.5. The number of rotatable bonds is 7. The first-order valence-electron chi connectivity index (χ1n) is 9.61. The third-order valence-corrected chi connectivity index (χ3v) is 4.77. The van der Waals surface area contributed by atoms with Crippen molar-refractivity contribution >= 4 is 17.3 Å². The average molecular weight is 380 g/mol. The third kappa shape index (κ3) is 4.20. The molecular weight excluding hydrogens is 352 g/mol. The van der Waals surface area contributed by atoms with Crippen LogP contribution in [0.2, 0.25) is 0 Å². The number of nitrogens with one attached hydrogen (secondary N) is 1. The Morgan fingerprint density at radius 3 is 2.64 bits per heavy atom. The molecule has 1 N–H and O–H groups in total. The minimum atomic E-state index is -0.120. The molecule has 1 aliphatic heterocycles. The summed E-state index contributed by atoms with van der Waals surface area (Å²) in [5, 5.41) is 3.58. The zero-order valence-corrected chi connectivity index (χ0v) is 16.9. The average Bonchev–Trinajstić information content (AvgIpc) is 2.69. The number of carbonyl (C=O) groups excluding carboxylic acids is 1. The summed E-state index contributed by atoms with van der Waals surface area (Å²) in [7, 11) is 1.64. The Hall–Kier alpha value is -2.79. The van der Waals surface area contributed by atoms with E-state index >= 15 is 0 Å². The van der Waals surface area contributed by atoms with Crippen LogP contribution >= 0.6 is 0 Å². The van der Waals surface area contributed by atoms with E-state index in [0.29, 0.717) is 19.0 Å². The van der Waals surface area contributed by atoms with Gasteiger partial charge in [0.1, 0.15) is 12.4 Å². The Morgan fingerprint density at radius 1 is 1.14 bits per heavy atom. The van der Waals surface area contributed by atoms with Crippen molar-refractivity contribution in [1.82, 2.24) is 0 Å². The second kappa shape index (κ2) is 8.93. The van der Waals surface area contributed by atoms with E-state index in [9.17, 15) is 4.79 Å². The van der Waals surface area contributed by atoms with Gasteiger partial charge in [0.2, 0.25) is 5.91 Å². The summed E-state index contributed by atoms with van der Waals surface area (Å²) in [4.78, 5) is 14.5. The number of ether oxygens (including phenoxy) is 2. The van der Waals surface area contributed by atoms with E-state index < -0.39 is 0 Å². The van der Waals surface area contributed by atoms with Gasteiger partial charge in [0.25, 0.3) is 0 Å². The summed E-state index contributed by atoms with van der Waals surface area (Å²) in [6.07, 6.45) is 3.87. The van der Waals surface area contributed by atoms with Crippen LogP contribution in [-0.2, 0) is 9.53 Å². The summed E-state index contributed by atoms with van der Waals surface area (Å²) in [5.41, 5.74) is 4.05. The number of para-hydroxylation sites is 2. The monoisotopic (exact) mass is 380 g/mol. The first-order valence-corrected chi connectivity index (χ1v) is 9.61. The molecule has 0 aliphatic carbocycles. The Kier molecular flexibility index (Phi) is 6.37. The van der Waals surface area contributed by atoms with Crippen LogP contribution in [0.4, 0.5) is 11.4 Å². The molecule has 1 heterocycles. The molecule has 2 aromatic carbocycles. The lowest BCUT2D eigenvalue weighted by Gasteiger charge is -2.33. The smallest absolute Gasteiger partial charge is 0.233 e. The maximum Gasteiger partial charge on any atom is 0.233 e. The summed E-state index contributed by atoms with van der Waals surface area (Å²) in [6, 6.07) is 14.0. The largest absolute Gasteiger partial charge is 0.489 e. The number of methoxy groups -OCH3 is 1. The second-order valence-electron chi connectivity index (χ2n) is 7.18. The van der Waals surface area contributed by atoms with Gasteiger partial charge in [-0.1, -0.05) is 44.2 Å². The van der Waals surface area contributed by atoms with Crippen LogP contribution in [0, 0.1) is 12.8 Å². The van der Waals surface area contributed by atoms with Gasteiger partial charge in [-0.15, -0.1) is 0 Å². The van der Waals surface area contributed by atoms with E-state index in [0.717, 1.165) is 16.9 Å². The molecule has 2 aromatic rings. The van der Waals surface area contributed by atoms with Crippen molar-refractivity contribution in [3.63, 3.8) is 0 Å². The molecule has 0 saturated heterocycles. The van der Waals surface area contributed by atoms with Crippen molar-refractivity contribution in [2.75, 3.05) is 30.5 Å². The molecule has 0 aromatic heterocycles. The number of fused-ring (bicyclic) bond motifs is 1. The zero-order chi connectivity index (χ0) is 20.1. The van der Waals surface area contributed by atoms with Crippen LogP contribution in [0.3, 0.4) is 0 Å². The second-order valence-corrected chi connectivity index (χ2v) is 7.18. The fourth-order valence-corrected chi connectivity index (χ4v) is 3.24. The molecule has 1 atom stereocenters. The lowest BCUT2D eigenvalue weighted by Crippen LogP contribution is -2.33. The Balaban J connectivity index is 2.00. The van der Waals surface area contributed by atoms with Crippen LogP contribution in [0.15, 0.2) is 54.7 Å². The standard InChI is InChI=1S/C23H28N2O3/c1-16(2)23(26)25-13-12-20(24-19-10-6-5-8-17(19)3)18-9-7-11-21(22(18)25)28-15-14-27-4/h5-13,16,20,24H,14-15H2,1-4H3. The lowest BCUT2D eigenvalue weighted by atomic mass is 9.98. The van der Waals surface area contributed by atoms with Crippen LogP contribution in [0.5, 0.6) is 5.75 Å². The van der Waals surface area contributed by atoms with E-state index in [1.165, 1.54) is 5.56 Å². The zero-order valence-electron chi connectivity index (χ0n) is 16.9. The number of carbonyl (C=O) groups is 1. The quantitative estimate of drug-likeness (QED) is 0.708. The molecule has 1 unspecified atom stereocenters. The summed E-state index contributed by atoms with van der Waals surface area (Å²) < 4.78 is 11.0. The molecule has 0 fully saturated rings. The van der Waals surface area contributed by atoms with E-state index in [2.05, 4.69) is 24.4 Å². The van der Waals surface area contributed by atoms with Gasteiger partial charge in [0.05, 0.1) is 18.3 Å². The van der Waals surface area contributed by atoms with Gasteiger partial charge >= 0.3 is 0 Å². The predicted octanol–water partition coefficient (Wildman–Crippen LogP) is 4.69. The predicted molar refractivity (Wildman–Crippen MR) is 113 cm³/mol. The molecule has 0 spiro atoms. The summed E-state index contributed by atoms with van der Waals surface area (Å²) >= 11 is 0. The minimum absolute atomic E-state index is 0.0367. The Morgan fingerprint density at radius 2 is 1.93 bits per heavy atom. The lowest BCUT2D eigenvalue weighted by molar-refractivity contribution is -0.120. The van der Waals surface area contributed by atoms with Crippen LogP contribution in [0.25, 0.3) is 0 Å². The molecule has 0 bridgehead atoms. The number of hydrogen-bond donors (Lipinski definition) is 1. The molecule has 1 amide bonds. The molecule has 3 rings (SSSR count). The van der Waals surface area contributed by atoms with Crippen molar-refractivity contribution in [1.29, 1.82) is 0 Å². The fraction of sp³-hybridized carbons (Fsp3) is 0.348. The first kappa shape index (κ1) is 20.0. The maximum absolute atomic E-state index is 12.8. The van der Waals surface area contributed by atoms with Crippen LogP contribution < -0.4 is 15.0 Å². The number of amides is 1. The minimum Gasteiger partial charge on any atom is -0.489 e. The normalized spacial score (nSPS) is 15.5. The SMILES string of the molecule is COCCOc1cccc2c1N(C(=O)C(C)C)C=CC2Nc1ccccc1C. The van der Waals surface area contributed by atoms with Gasteiger partial charge in [-0.3, -0.25) is 9.69 Å². The van der Waals surface area contributed by atoms with Crippen molar-refractivity contribution < 1.29 is 14.3 Å². The van der Waals surface area contributed by atoms with Gasteiger partial charge in [-0.25, -0.2) is 0 Å². The number of benzene rings is 2. The van der Waals surface area contributed by atoms with E-state index in [4.69, 9.17) is 9.47 Å². The molecule has 5 nitrogen and oxygen atoms in total. The number of nitrogens with zero attached hydrogens (tertiary/aromatic N) is 1. The Labute approximate surface area is 167 Å². The highest BCUT2D eigenvalue weighted by Gasteiger charge is 2.29. The third-order valence-electron chi connectivity index (χ3n) is 4.77. The highest BCUT2D eigenvalue weighted by molar-refractivity contribution is 5.99. The highest BCUT2D eigenvalue weighted by Crippen LogP contribution is 2.41. The van der Waals surface area contributed by atoms with Crippen molar-refractivity contribution in [2.24, 2.45) is 5.92 Å². The van der Waals surface area contributed by atoms with Gasteiger partial charge < -0.3 is 14.8 Å². The van der Waals surface area contributed by atoms with Gasteiger partial charge in [-0.05, 0) is 30.7 Å². The molecule has 5 heteroatoms. The van der Waals surface area contributed by atoms with Gasteiger partial charge in [0, 0.05) is 30.5 Å². The topological polar surface area (TPSA) is 50.8 Å². The molecule has 148 valence electrons. The molecule has 28 heavy (non-hydrogen) atoms. The Bertz CT molecular complexity index is 861. The number of anilines is 2.